The summed E-state index contributed by atoms with van der Waals surface area (Å²) in [6.45, 7) is 5.29. The van der Waals surface area contributed by atoms with Gasteiger partial charge in [-0.25, -0.2) is 9.18 Å². The maximum absolute atomic E-state index is 13.2. The predicted molar refractivity (Wildman–Crippen MR) is 53.3 cm³/mol. The van der Waals surface area contributed by atoms with Crippen LogP contribution in [-0.2, 0) is 4.74 Å². The van der Waals surface area contributed by atoms with E-state index in [1.165, 1.54) is 4.90 Å². The molecule has 0 unspecified atom stereocenters. The Morgan fingerprint density at radius 2 is 2.13 bits per heavy atom. The third-order valence-electron chi connectivity index (χ3n) is 2.25. The second kappa shape index (κ2) is 4.35. The van der Waals surface area contributed by atoms with Gasteiger partial charge in [0.15, 0.2) is 0 Å². The molecule has 2 atom stereocenters. The highest BCUT2D eigenvalue weighted by Gasteiger charge is 2.36. The van der Waals surface area contributed by atoms with E-state index in [0.717, 1.165) is 0 Å². The molecule has 0 aromatic rings. The van der Waals surface area contributed by atoms with Crippen molar-refractivity contribution >= 4 is 6.09 Å². The van der Waals surface area contributed by atoms with Gasteiger partial charge < -0.3 is 14.7 Å². The van der Waals surface area contributed by atoms with Crippen LogP contribution in [0.4, 0.5) is 9.18 Å². The molecule has 0 radical (unpaired) electrons. The highest BCUT2D eigenvalue weighted by molar-refractivity contribution is 5.68. The van der Waals surface area contributed by atoms with Crippen LogP contribution in [0.15, 0.2) is 0 Å². The maximum atomic E-state index is 13.2. The third-order valence-corrected chi connectivity index (χ3v) is 2.25. The smallest absolute Gasteiger partial charge is 0.410 e. The van der Waals surface area contributed by atoms with Gasteiger partial charge in [0.25, 0.3) is 0 Å². The van der Waals surface area contributed by atoms with Crippen LogP contribution in [-0.4, -0.2) is 47.6 Å². The quantitative estimate of drug-likeness (QED) is 0.720. The van der Waals surface area contributed by atoms with Crippen molar-refractivity contribution in [2.24, 2.45) is 5.92 Å². The fraction of sp³-hybridized carbons (Fsp3) is 0.900. The summed E-state index contributed by atoms with van der Waals surface area (Å²) in [7, 11) is 0. The number of halogens is 1. The molecule has 1 fully saturated rings. The summed E-state index contributed by atoms with van der Waals surface area (Å²) < 4.78 is 18.3. The van der Waals surface area contributed by atoms with Gasteiger partial charge in [0, 0.05) is 12.5 Å². The zero-order valence-electron chi connectivity index (χ0n) is 9.36. The van der Waals surface area contributed by atoms with Gasteiger partial charge in [-0.15, -0.1) is 0 Å². The first-order chi connectivity index (χ1) is 6.83. The number of rotatable bonds is 1. The second-order valence-corrected chi connectivity index (χ2v) is 4.84. The number of hydrogen-bond acceptors (Lipinski definition) is 3. The van der Waals surface area contributed by atoms with Gasteiger partial charge >= 0.3 is 6.09 Å². The molecule has 1 aliphatic rings. The van der Waals surface area contributed by atoms with Crippen molar-refractivity contribution in [2.45, 2.75) is 32.5 Å². The van der Waals surface area contributed by atoms with E-state index in [9.17, 15) is 9.18 Å². The van der Waals surface area contributed by atoms with E-state index in [1.807, 2.05) is 0 Å². The van der Waals surface area contributed by atoms with E-state index in [1.54, 1.807) is 20.8 Å². The molecule has 0 bridgehead atoms. The van der Waals surface area contributed by atoms with E-state index < -0.39 is 23.8 Å². The largest absolute Gasteiger partial charge is 0.444 e. The zero-order valence-corrected chi connectivity index (χ0v) is 9.36. The van der Waals surface area contributed by atoms with Crippen molar-refractivity contribution in [3.05, 3.63) is 0 Å². The van der Waals surface area contributed by atoms with Crippen LogP contribution in [0.3, 0.4) is 0 Å². The van der Waals surface area contributed by atoms with Gasteiger partial charge in [-0.1, -0.05) is 0 Å². The molecule has 15 heavy (non-hydrogen) atoms. The number of aliphatic hydroxyl groups is 1. The first-order valence-electron chi connectivity index (χ1n) is 5.06. The molecule has 0 aromatic carbocycles. The molecule has 1 aliphatic heterocycles. The third kappa shape index (κ3) is 3.34. The normalized spacial score (nSPS) is 26.9. The number of amides is 1. The van der Waals surface area contributed by atoms with Crippen LogP contribution in [0.25, 0.3) is 0 Å². The summed E-state index contributed by atoms with van der Waals surface area (Å²) >= 11 is 0. The minimum atomic E-state index is -1.15. The number of ether oxygens (including phenoxy) is 1. The highest BCUT2D eigenvalue weighted by Crippen LogP contribution is 2.21. The van der Waals surface area contributed by atoms with Crippen molar-refractivity contribution in [3.8, 4) is 0 Å². The number of carbonyl (C=O) groups excluding carboxylic acids is 1. The number of likely N-dealkylation sites (tertiary alicyclic amines) is 1. The lowest BCUT2D eigenvalue weighted by Gasteiger charge is -2.24. The lowest BCUT2D eigenvalue weighted by Crippen LogP contribution is -2.35. The Balaban J connectivity index is 2.50. The Kier molecular flexibility index (Phi) is 3.54. The average molecular weight is 219 g/mol. The monoisotopic (exact) mass is 219 g/mol. The highest BCUT2D eigenvalue weighted by atomic mass is 19.1. The number of aliphatic hydroxyl groups excluding tert-OH is 1. The van der Waals surface area contributed by atoms with Crippen LogP contribution in [0.1, 0.15) is 20.8 Å². The minimum absolute atomic E-state index is 0.0140. The summed E-state index contributed by atoms with van der Waals surface area (Å²) in [5.41, 5.74) is -0.569. The first-order valence-corrected chi connectivity index (χ1v) is 5.06. The zero-order chi connectivity index (χ0) is 11.6. The molecule has 1 rings (SSSR count). The summed E-state index contributed by atoms with van der Waals surface area (Å²) in [4.78, 5) is 12.8. The molecule has 0 aliphatic carbocycles. The molecule has 0 spiro atoms. The van der Waals surface area contributed by atoms with E-state index in [2.05, 4.69) is 0 Å². The molecule has 88 valence electrons. The van der Waals surface area contributed by atoms with Crippen molar-refractivity contribution < 1.29 is 19.0 Å². The number of hydrogen-bond donors (Lipinski definition) is 1. The maximum Gasteiger partial charge on any atom is 0.410 e. The molecule has 4 nitrogen and oxygen atoms in total. The van der Waals surface area contributed by atoms with E-state index >= 15 is 0 Å². The Hall–Kier alpha value is -0.840. The van der Waals surface area contributed by atoms with Gasteiger partial charge in [0.05, 0.1) is 13.2 Å². The predicted octanol–water partition coefficient (Wildman–Crippen LogP) is 1.18. The van der Waals surface area contributed by atoms with Crippen LogP contribution >= 0.6 is 0 Å². The van der Waals surface area contributed by atoms with Gasteiger partial charge in [-0.2, -0.15) is 0 Å². The first kappa shape index (κ1) is 12.2. The minimum Gasteiger partial charge on any atom is -0.444 e. The van der Waals surface area contributed by atoms with Gasteiger partial charge in [-0.05, 0) is 20.8 Å². The fourth-order valence-corrected chi connectivity index (χ4v) is 1.48. The fourth-order valence-electron chi connectivity index (χ4n) is 1.48. The van der Waals surface area contributed by atoms with Crippen LogP contribution < -0.4 is 0 Å². The van der Waals surface area contributed by atoms with E-state index in [0.29, 0.717) is 0 Å². The van der Waals surface area contributed by atoms with Crippen molar-refractivity contribution in [3.63, 3.8) is 0 Å². The standard InChI is InChI=1S/C10H18FNO3/c1-10(2,3)15-9(14)12-4-7(6-13)8(11)5-12/h7-8,13H,4-6H2,1-3H3/t7-,8+/m0/s1. The summed E-state index contributed by atoms with van der Waals surface area (Å²) in [5.74, 6) is -0.475. The molecule has 1 saturated heterocycles. The van der Waals surface area contributed by atoms with E-state index in [4.69, 9.17) is 9.84 Å². The number of nitrogens with zero attached hydrogens (tertiary/aromatic N) is 1. The van der Waals surface area contributed by atoms with Crippen LogP contribution in [0.5, 0.6) is 0 Å². The van der Waals surface area contributed by atoms with Crippen LogP contribution in [0.2, 0.25) is 0 Å². The molecule has 1 amide bonds. The van der Waals surface area contributed by atoms with Crippen LogP contribution in [0, 0.1) is 5.92 Å². The molecular weight excluding hydrogens is 201 g/mol. The van der Waals surface area contributed by atoms with Gasteiger partial charge in [0.1, 0.15) is 11.8 Å². The molecular formula is C10H18FNO3. The summed E-state index contributed by atoms with van der Waals surface area (Å²) in [6.07, 6.45) is -1.66. The Morgan fingerprint density at radius 1 is 1.53 bits per heavy atom. The van der Waals surface area contributed by atoms with Crippen molar-refractivity contribution in [1.29, 1.82) is 0 Å². The van der Waals surface area contributed by atoms with Gasteiger partial charge in [0.2, 0.25) is 0 Å². The molecule has 0 saturated carbocycles. The molecule has 5 heteroatoms. The number of carbonyl (C=O) groups is 1. The number of alkyl halides is 1. The van der Waals surface area contributed by atoms with Crippen molar-refractivity contribution in [2.75, 3.05) is 19.7 Å². The average Bonchev–Trinajstić information content (AvgIpc) is 2.43. The molecule has 0 aromatic heterocycles. The van der Waals surface area contributed by atoms with E-state index in [-0.39, 0.29) is 19.7 Å². The molecule has 1 N–H and O–H groups in total. The lowest BCUT2D eigenvalue weighted by atomic mass is 10.1. The summed E-state index contributed by atoms with van der Waals surface area (Å²) in [6, 6.07) is 0. The topological polar surface area (TPSA) is 49.8 Å². The summed E-state index contributed by atoms with van der Waals surface area (Å²) in [5, 5.41) is 8.85. The SMILES string of the molecule is CC(C)(C)OC(=O)N1C[C@@H](CO)[C@H](F)C1. The van der Waals surface area contributed by atoms with Gasteiger partial charge in [-0.3, -0.25) is 0 Å². The lowest BCUT2D eigenvalue weighted by molar-refractivity contribution is 0.0279. The molecule has 1 heterocycles. The Labute approximate surface area is 89.0 Å². The van der Waals surface area contributed by atoms with Crippen molar-refractivity contribution in [1.82, 2.24) is 4.90 Å². The Morgan fingerprint density at radius 3 is 2.53 bits per heavy atom. The Bertz CT molecular complexity index is 239. The second-order valence-electron chi connectivity index (χ2n) is 4.84.